The lowest BCUT2D eigenvalue weighted by Gasteiger charge is -2.17. The van der Waals surface area contributed by atoms with E-state index in [1.807, 2.05) is 0 Å². The van der Waals surface area contributed by atoms with E-state index >= 15 is 0 Å². The zero-order valence-corrected chi connectivity index (χ0v) is 8.57. The molecule has 0 unspecified atom stereocenters. The first kappa shape index (κ1) is 10.7. The molecule has 3 heteroatoms. The predicted octanol–water partition coefficient (Wildman–Crippen LogP) is 1.70. The average molecular weight is 194 g/mol. The van der Waals surface area contributed by atoms with Crippen molar-refractivity contribution in [3.63, 3.8) is 0 Å². The Hall–Kier alpha value is -1.35. The summed E-state index contributed by atoms with van der Waals surface area (Å²) in [7, 11) is 1.33. The van der Waals surface area contributed by atoms with Crippen molar-refractivity contribution in [2.45, 2.75) is 19.4 Å². The van der Waals surface area contributed by atoms with Crippen LogP contribution >= 0.6 is 0 Å². The number of carbonyl (C=O) groups excluding carboxylic acids is 1. The molecule has 1 aromatic carbocycles. The van der Waals surface area contributed by atoms with Gasteiger partial charge in [0, 0.05) is 0 Å². The third-order valence-corrected chi connectivity index (χ3v) is 1.99. The number of methoxy groups -OCH3 is 1. The molecule has 0 aliphatic carbocycles. The molecule has 0 aliphatic rings. The van der Waals surface area contributed by atoms with Crippen LogP contribution in [0.15, 0.2) is 24.3 Å². The van der Waals surface area contributed by atoms with Crippen molar-refractivity contribution < 1.29 is 14.6 Å². The SMILES string of the molecule is COC(=O)c1cccc(C(C)(C)O)c1. The summed E-state index contributed by atoms with van der Waals surface area (Å²) < 4.78 is 4.58. The molecule has 0 amide bonds. The third kappa shape index (κ3) is 2.33. The molecule has 1 aromatic rings. The molecule has 0 spiro atoms. The molecular weight excluding hydrogens is 180 g/mol. The van der Waals surface area contributed by atoms with Gasteiger partial charge in [0.2, 0.25) is 0 Å². The Morgan fingerprint density at radius 3 is 2.57 bits per heavy atom. The summed E-state index contributed by atoms with van der Waals surface area (Å²) in [5, 5.41) is 9.72. The van der Waals surface area contributed by atoms with Crippen molar-refractivity contribution in [2.75, 3.05) is 7.11 Å². The van der Waals surface area contributed by atoms with E-state index in [0.29, 0.717) is 11.1 Å². The minimum absolute atomic E-state index is 0.393. The maximum atomic E-state index is 11.2. The van der Waals surface area contributed by atoms with Gasteiger partial charge in [0.15, 0.2) is 0 Å². The lowest BCUT2D eigenvalue weighted by molar-refractivity contribution is 0.0598. The molecule has 76 valence electrons. The van der Waals surface area contributed by atoms with Crippen molar-refractivity contribution in [1.82, 2.24) is 0 Å². The van der Waals surface area contributed by atoms with E-state index in [1.165, 1.54) is 7.11 Å². The van der Waals surface area contributed by atoms with Crippen LogP contribution in [0.4, 0.5) is 0 Å². The van der Waals surface area contributed by atoms with Crippen molar-refractivity contribution in [1.29, 1.82) is 0 Å². The lowest BCUT2D eigenvalue weighted by Crippen LogP contribution is -2.16. The van der Waals surface area contributed by atoms with Gasteiger partial charge in [-0.1, -0.05) is 12.1 Å². The van der Waals surface area contributed by atoms with Crippen LogP contribution in [0.3, 0.4) is 0 Å². The van der Waals surface area contributed by atoms with E-state index in [1.54, 1.807) is 38.1 Å². The molecule has 1 N–H and O–H groups in total. The van der Waals surface area contributed by atoms with Crippen molar-refractivity contribution in [2.24, 2.45) is 0 Å². The monoisotopic (exact) mass is 194 g/mol. The quantitative estimate of drug-likeness (QED) is 0.729. The van der Waals surface area contributed by atoms with Gasteiger partial charge in [-0.3, -0.25) is 0 Å². The molecule has 0 atom stereocenters. The van der Waals surface area contributed by atoms with E-state index in [-0.39, 0.29) is 0 Å². The zero-order chi connectivity index (χ0) is 10.8. The molecule has 0 saturated heterocycles. The van der Waals surface area contributed by atoms with Crippen LogP contribution in [-0.2, 0) is 10.3 Å². The summed E-state index contributed by atoms with van der Waals surface area (Å²) in [4.78, 5) is 11.2. The molecular formula is C11H14O3. The van der Waals surface area contributed by atoms with E-state index in [0.717, 1.165) is 0 Å². The largest absolute Gasteiger partial charge is 0.465 e. The van der Waals surface area contributed by atoms with Crippen LogP contribution in [0.25, 0.3) is 0 Å². The van der Waals surface area contributed by atoms with Crippen molar-refractivity contribution in [3.8, 4) is 0 Å². The zero-order valence-electron chi connectivity index (χ0n) is 8.57. The third-order valence-electron chi connectivity index (χ3n) is 1.99. The fourth-order valence-electron chi connectivity index (χ4n) is 1.14. The van der Waals surface area contributed by atoms with Crippen LogP contribution in [0.1, 0.15) is 29.8 Å². The van der Waals surface area contributed by atoms with E-state index in [9.17, 15) is 9.90 Å². The molecule has 0 aliphatic heterocycles. The van der Waals surface area contributed by atoms with Gasteiger partial charge in [-0.15, -0.1) is 0 Å². The van der Waals surface area contributed by atoms with Gasteiger partial charge in [-0.25, -0.2) is 4.79 Å². The molecule has 0 radical (unpaired) electrons. The summed E-state index contributed by atoms with van der Waals surface area (Å²) >= 11 is 0. The fraction of sp³-hybridized carbons (Fsp3) is 0.364. The average Bonchev–Trinajstić information content (AvgIpc) is 2.15. The Morgan fingerprint density at radius 2 is 2.07 bits per heavy atom. The molecule has 0 fully saturated rings. The van der Waals surface area contributed by atoms with Crippen LogP contribution < -0.4 is 0 Å². The number of rotatable bonds is 2. The van der Waals surface area contributed by atoms with Crippen molar-refractivity contribution >= 4 is 5.97 Å². The first-order chi connectivity index (χ1) is 6.45. The van der Waals surface area contributed by atoms with Gasteiger partial charge in [0.1, 0.15) is 0 Å². The Labute approximate surface area is 83.3 Å². The predicted molar refractivity (Wildman–Crippen MR) is 53.0 cm³/mol. The highest BCUT2D eigenvalue weighted by atomic mass is 16.5. The lowest BCUT2D eigenvalue weighted by atomic mass is 9.97. The van der Waals surface area contributed by atoms with Gasteiger partial charge in [0.25, 0.3) is 0 Å². The topological polar surface area (TPSA) is 46.5 Å². The maximum absolute atomic E-state index is 11.2. The van der Waals surface area contributed by atoms with Crippen LogP contribution in [0.5, 0.6) is 0 Å². The highest BCUT2D eigenvalue weighted by Gasteiger charge is 2.17. The van der Waals surface area contributed by atoms with Gasteiger partial charge in [0.05, 0.1) is 18.3 Å². The Morgan fingerprint density at radius 1 is 1.43 bits per heavy atom. The summed E-state index contributed by atoms with van der Waals surface area (Å²) in [6, 6.07) is 6.78. The summed E-state index contributed by atoms with van der Waals surface area (Å²) in [6.07, 6.45) is 0. The van der Waals surface area contributed by atoms with E-state index < -0.39 is 11.6 Å². The van der Waals surface area contributed by atoms with Crippen molar-refractivity contribution in [3.05, 3.63) is 35.4 Å². The highest BCUT2D eigenvalue weighted by Crippen LogP contribution is 2.20. The second-order valence-corrected chi connectivity index (χ2v) is 3.63. The molecule has 14 heavy (non-hydrogen) atoms. The summed E-state index contributed by atoms with van der Waals surface area (Å²) in [5.41, 5.74) is 0.205. The number of esters is 1. The fourth-order valence-corrected chi connectivity index (χ4v) is 1.14. The molecule has 1 rings (SSSR count). The maximum Gasteiger partial charge on any atom is 0.337 e. The van der Waals surface area contributed by atoms with E-state index in [2.05, 4.69) is 4.74 Å². The molecule has 0 saturated carbocycles. The highest BCUT2D eigenvalue weighted by molar-refractivity contribution is 5.89. The first-order valence-electron chi connectivity index (χ1n) is 4.36. The van der Waals surface area contributed by atoms with Crippen LogP contribution in [0, 0.1) is 0 Å². The minimum Gasteiger partial charge on any atom is -0.465 e. The van der Waals surface area contributed by atoms with Gasteiger partial charge < -0.3 is 9.84 Å². The number of ether oxygens (including phenoxy) is 1. The first-order valence-corrected chi connectivity index (χ1v) is 4.36. The van der Waals surface area contributed by atoms with Gasteiger partial charge >= 0.3 is 5.97 Å². The number of hydrogen-bond acceptors (Lipinski definition) is 3. The smallest absolute Gasteiger partial charge is 0.337 e. The van der Waals surface area contributed by atoms with E-state index in [4.69, 9.17) is 0 Å². The molecule has 0 bridgehead atoms. The normalized spacial score (nSPS) is 11.1. The van der Waals surface area contributed by atoms with Gasteiger partial charge in [-0.05, 0) is 31.5 Å². The number of aliphatic hydroxyl groups is 1. The Kier molecular flexibility index (Phi) is 2.91. The molecule has 0 aromatic heterocycles. The Balaban J connectivity index is 3.08. The Bertz CT molecular complexity index is 337. The van der Waals surface area contributed by atoms with Gasteiger partial charge in [-0.2, -0.15) is 0 Å². The number of hydrogen-bond donors (Lipinski definition) is 1. The summed E-state index contributed by atoms with van der Waals surface area (Å²) in [6.45, 7) is 3.34. The number of carbonyl (C=O) groups is 1. The summed E-state index contributed by atoms with van der Waals surface area (Å²) in [5.74, 6) is -0.393. The van der Waals surface area contributed by atoms with Crippen LogP contribution in [-0.4, -0.2) is 18.2 Å². The molecule has 3 nitrogen and oxygen atoms in total. The minimum atomic E-state index is -0.940. The second-order valence-electron chi connectivity index (χ2n) is 3.63. The number of benzene rings is 1. The molecule has 0 heterocycles. The van der Waals surface area contributed by atoms with Crippen LogP contribution in [0.2, 0.25) is 0 Å². The second kappa shape index (κ2) is 3.80. The standard InChI is InChI=1S/C11H14O3/c1-11(2,13)9-6-4-5-8(7-9)10(12)14-3/h4-7,13H,1-3H3.